The van der Waals surface area contributed by atoms with E-state index in [4.69, 9.17) is 0 Å². The number of nitrogens with zero attached hydrogens (tertiary/aromatic N) is 3. The maximum Gasteiger partial charge on any atom is 0.250 e. The smallest absolute Gasteiger partial charge is 0.250 e. The lowest BCUT2D eigenvalue weighted by Crippen LogP contribution is -2.27. The lowest BCUT2D eigenvalue weighted by Gasteiger charge is -2.28. The Bertz CT molecular complexity index is 604. The van der Waals surface area contributed by atoms with Crippen LogP contribution in [0.2, 0.25) is 0 Å². The number of hydrogen-bond acceptors (Lipinski definition) is 5. The summed E-state index contributed by atoms with van der Waals surface area (Å²) in [5, 5.41) is 3.35. The molecule has 0 aromatic carbocycles. The van der Waals surface area contributed by atoms with Gasteiger partial charge in [-0.15, -0.1) is 0 Å². The molecule has 0 spiro atoms. The van der Waals surface area contributed by atoms with Gasteiger partial charge in [0.15, 0.2) is 0 Å². The van der Waals surface area contributed by atoms with Crippen LogP contribution in [0.4, 0.5) is 5.95 Å². The van der Waals surface area contributed by atoms with Crippen LogP contribution in [0.1, 0.15) is 37.4 Å². The first-order valence-corrected chi connectivity index (χ1v) is 6.90. The molecule has 3 rings (SSSR count). The maximum absolute atomic E-state index is 11.3. The van der Waals surface area contributed by atoms with E-state index >= 15 is 0 Å². The average molecular weight is 271 g/mol. The van der Waals surface area contributed by atoms with Crippen molar-refractivity contribution in [3.05, 3.63) is 46.9 Å². The molecule has 1 saturated carbocycles. The number of nitrogens with one attached hydrogen (secondary N) is 2. The molecule has 0 saturated heterocycles. The van der Waals surface area contributed by atoms with Crippen molar-refractivity contribution in [2.75, 3.05) is 5.32 Å². The molecule has 0 unspecified atom stereocenters. The second-order valence-electron chi connectivity index (χ2n) is 5.08. The molecule has 104 valence electrons. The molecule has 2 aromatic rings. The van der Waals surface area contributed by atoms with Gasteiger partial charge in [0.25, 0.3) is 5.56 Å². The fraction of sp³-hybridized carbons (Fsp3) is 0.429. The minimum absolute atomic E-state index is 0.0760. The van der Waals surface area contributed by atoms with Crippen molar-refractivity contribution in [2.24, 2.45) is 0 Å². The first-order valence-electron chi connectivity index (χ1n) is 6.90. The summed E-state index contributed by atoms with van der Waals surface area (Å²) in [6.45, 7) is 0. The van der Waals surface area contributed by atoms with E-state index in [1.165, 1.54) is 6.07 Å². The zero-order chi connectivity index (χ0) is 13.8. The van der Waals surface area contributed by atoms with Gasteiger partial charge in [-0.2, -0.15) is 0 Å². The van der Waals surface area contributed by atoms with Gasteiger partial charge in [-0.1, -0.05) is 0 Å². The van der Waals surface area contributed by atoms with Crippen LogP contribution in [-0.2, 0) is 0 Å². The van der Waals surface area contributed by atoms with Crippen molar-refractivity contribution in [3.8, 4) is 0 Å². The van der Waals surface area contributed by atoms with E-state index in [-0.39, 0.29) is 5.56 Å². The van der Waals surface area contributed by atoms with E-state index in [0.29, 0.717) is 17.9 Å². The molecule has 20 heavy (non-hydrogen) atoms. The van der Waals surface area contributed by atoms with Crippen molar-refractivity contribution in [3.63, 3.8) is 0 Å². The van der Waals surface area contributed by atoms with Crippen molar-refractivity contribution in [1.29, 1.82) is 0 Å². The molecule has 0 atom stereocenters. The summed E-state index contributed by atoms with van der Waals surface area (Å²) in [7, 11) is 0. The second kappa shape index (κ2) is 5.81. The van der Waals surface area contributed by atoms with Gasteiger partial charge in [0.2, 0.25) is 5.95 Å². The quantitative estimate of drug-likeness (QED) is 0.887. The number of rotatable bonds is 3. The fourth-order valence-corrected chi connectivity index (χ4v) is 2.66. The van der Waals surface area contributed by atoms with E-state index in [1.54, 1.807) is 24.7 Å². The summed E-state index contributed by atoms with van der Waals surface area (Å²) in [5.41, 5.74) is -0.0760. The van der Waals surface area contributed by atoms with Crippen LogP contribution in [0.3, 0.4) is 0 Å². The Morgan fingerprint density at radius 1 is 1.05 bits per heavy atom. The molecule has 1 aliphatic carbocycles. The average Bonchev–Trinajstić information content (AvgIpc) is 2.49. The third-order valence-electron chi connectivity index (χ3n) is 3.70. The van der Waals surface area contributed by atoms with Gasteiger partial charge in [0.05, 0.1) is 0 Å². The number of hydrogen-bond donors (Lipinski definition) is 2. The minimum atomic E-state index is -0.0760. The summed E-state index contributed by atoms with van der Waals surface area (Å²) in [6.07, 6.45) is 9.13. The Morgan fingerprint density at radius 3 is 2.50 bits per heavy atom. The Morgan fingerprint density at radius 2 is 1.80 bits per heavy atom. The highest BCUT2D eigenvalue weighted by Gasteiger charge is 2.24. The number of anilines is 1. The highest BCUT2D eigenvalue weighted by Crippen LogP contribution is 2.31. The van der Waals surface area contributed by atoms with Gasteiger partial charge < -0.3 is 10.3 Å². The molecular weight excluding hydrogens is 254 g/mol. The highest BCUT2D eigenvalue weighted by atomic mass is 16.1. The SMILES string of the molecule is O=c1ccnc(C2CCC(Nc3ncccn3)CC2)[nH]1. The summed E-state index contributed by atoms with van der Waals surface area (Å²) in [4.78, 5) is 26.8. The van der Waals surface area contributed by atoms with E-state index in [0.717, 1.165) is 31.5 Å². The summed E-state index contributed by atoms with van der Waals surface area (Å²) in [5.74, 6) is 1.84. The van der Waals surface area contributed by atoms with Crippen LogP contribution >= 0.6 is 0 Å². The van der Waals surface area contributed by atoms with Gasteiger partial charge in [-0.25, -0.2) is 15.0 Å². The van der Waals surface area contributed by atoms with Crippen LogP contribution in [0.5, 0.6) is 0 Å². The molecule has 2 aromatic heterocycles. The molecule has 0 radical (unpaired) electrons. The molecule has 0 bridgehead atoms. The molecule has 6 nitrogen and oxygen atoms in total. The highest BCUT2D eigenvalue weighted by molar-refractivity contribution is 5.24. The zero-order valence-corrected chi connectivity index (χ0v) is 11.1. The number of aromatic nitrogens is 4. The Labute approximate surface area is 116 Å². The van der Waals surface area contributed by atoms with Gasteiger partial charge in [-0.05, 0) is 31.7 Å². The van der Waals surface area contributed by atoms with Crippen molar-refractivity contribution in [1.82, 2.24) is 19.9 Å². The normalized spacial score (nSPS) is 22.4. The molecule has 2 N–H and O–H groups in total. The van der Waals surface area contributed by atoms with Gasteiger partial charge in [-0.3, -0.25) is 4.79 Å². The Hall–Kier alpha value is -2.24. The van der Waals surface area contributed by atoms with Crippen molar-refractivity contribution < 1.29 is 0 Å². The van der Waals surface area contributed by atoms with Crippen LogP contribution in [0.15, 0.2) is 35.5 Å². The summed E-state index contributed by atoms with van der Waals surface area (Å²) >= 11 is 0. The fourth-order valence-electron chi connectivity index (χ4n) is 2.66. The molecule has 2 heterocycles. The number of H-pyrrole nitrogens is 1. The minimum Gasteiger partial charge on any atom is -0.351 e. The van der Waals surface area contributed by atoms with Crippen LogP contribution in [-0.4, -0.2) is 26.0 Å². The van der Waals surface area contributed by atoms with Gasteiger partial charge in [0.1, 0.15) is 5.82 Å². The molecule has 0 amide bonds. The first kappa shape index (κ1) is 12.8. The maximum atomic E-state index is 11.3. The van der Waals surface area contributed by atoms with Crippen LogP contribution < -0.4 is 10.9 Å². The van der Waals surface area contributed by atoms with Crippen LogP contribution in [0, 0.1) is 0 Å². The number of aromatic amines is 1. The monoisotopic (exact) mass is 271 g/mol. The zero-order valence-electron chi connectivity index (χ0n) is 11.1. The van der Waals surface area contributed by atoms with E-state index < -0.39 is 0 Å². The second-order valence-corrected chi connectivity index (χ2v) is 5.08. The van der Waals surface area contributed by atoms with Gasteiger partial charge in [0, 0.05) is 36.6 Å². The predicted octanol–water partition coefficient (Wildman–Crippen LogP) is 1.70. The third kappa shape index (κ3) is 3.01. The lowest BCUT2D eigenvalue weighted by atomic mass is 9.85. The largest absolute Gasteiger partial charge is 0.351 e. The van der Waals surface area contributed by atoms with Crippen molar-refractivity contribution >= 4 is 5.95 Å². The summed E-state index contributed by atoms with van der Waals surface area (Å²) in [6, 6.07) is 3.65. The molecule has 1 fully saturated rings. The molecule has 1 aliphatic rings. The Balaban J connectivity index is 1.58. The van der Waals surface area contributed by atoms with E-state index in [9.17, 15) is 4.79 Å². The van der Waals surface area contributed by atoms with E-state index in [2.05, 4.69) is 25.3 Å². The summed E-state index contributed by atoms with van der Waals surface area (Å²) < 4.78 is 0. The molecule has 0 aliphatic heterocycles. The molecular formula is C14H17N5O. The molecule has 6 heteroatoms. The first-order chi connectivity index (χ1) is 9.81. The Kier molecular flexibility index (Phi) is 3.71. The third-order valence-corrected chi connectivity index (χ3v) is 3.70. The predicted molar refractivity (Wildman–Crippen MR) is 75.5 cm³/mol. The van der Waals surface area contributed by atoms with Gasteiger partial charge >= 0.3 is 0 Å². The topological polar surface area (TPSA) is 83.6 Å². The lowest BCUT2D eigenvalue weighted by molar-refractivity contribution is 0.398. The standard InChI is InChI=1S/C14H17N5O/c20-12-6-9-15-13(19-12)10-2-4-11(5-3-10)18-14-16-7-1-8-17-14/h1,6-11H,2-5H2,(H,15,19,20)(H,16,17,18). The van der Waals surface area contributed by atoms with E-state index in [1.807, 2.05) is 0 Å². The van der Waals surface area contributed by atoms with Crippen LogP contribution in [0.25, 0.3) is 0 Å². The van der Waals surface area contributed by atoms with Crippen molar-refractivity contribution in [2.45, 2.75) is 37.6 Å².